The van der Waals surface area contributed by atoms with Gasteiger partial charge in [0.05, 0.1) is 0 Å². The zero-order valence-corrected chi connectivity index (χ0v) is 12.8. The average molecular weight is 289 g/mol. The number of ether oxygens (including phenoxy) is 1. The molecule has 1 fully saturated rings. The largest absolute Gasteiger partial charge is 0.461 e. The molecule has 0 amide bonds. The number of aromatic amines is 1. The number of aromatic nitrogens is 2. The van der Waals surface area contributed by atoms with Gasteiger partial charge >= 0.3 is 5.97 Å². The standard InChI is InChI=1S/C14H17N3O2.C2H6/c1-9(18)19-12-6-11(16-8-12)5-10-7-17-14-13(10)3-2-4-15-14;1-2/h2-4,7,11-12,16H,5-6,8H2,1H3,(H,15,17);1-2H3. The van der Waals surface area contributed by atoms with E-state index in [1.807, 2.05) is 26.1 Å². The molecule has 114 valence electrons. The number of carbonyl (C=O) groups is 1. The van der Waals surface area contributed by atoms with E-state index in [-0.39, 0.29) is 12.1 Å². The zero-order valence-electron chi connectivity index (χ0n) is 12.8. The highest BCUT2D eigenvalue weighted by atomic mass is 16.5. The second-order valence-corrected chi connectivity index (χ2v) is 4.99. The number of pyridine rings is 1. The quantitative estimate of drug-likeness (QED) is 0.852. The van der Waals surface area contributed by atoms with Crippen LogP contribution in [-0.2, 0) is 16.0 Å². The molecule has 1 saturated heterocycles. The number of hydrogen-bond donors (Lipinski definition) is 2. The van der Waals surface area contributed by atoms with Crippen molar-refractivity contribution in [2.45, 2.75) is 45.8 Å². The Labute approximate surface area is 125 Å². The van der Waals surface area contributed by atoms with E-state index >= 15 is 0 Å². The molecule has 0 spiro atoms. The van der Waals surface area contributed by atoms with Crippen molar-refractivity contribution in [1.82, 2.24) is 15.3 Å². The van der Waals surface area contributed by atoms with Crippen LogP contribution in [0.2, 0.25) is 0 Å². The molecule has 0 saturated carbocycles. The molecule has 1 aliphatic heterocycles. The summed E-state index contributed by atoms with van der Waals surface area (Å²) in [5.41, 5.74) is 2.18. The fourth-order valence-electron chi connectivity index (χ4n) is 2.71. The maximum absolute atomic E-state index is 10.9. The molecule has 3 rings (SSSR count). The number of esters is 1. The molecule has 0 aliphatic carbocycles. The number of H-pyrrole nitrogens is 1. The summed E-state index contributed by atoms with van der Waals surface area (Å²) in [5.74, 6) is -0.205. The Hall–Kier alpha value is -1.88. The predicted octanol–water partition coefficient (Wildman–Crippen LogP) is 2.43. The molecule has 1 aliphatic rings. The fraction of sp³-hybridized carbons (Fsp3) is 0.500. The molecule has 0 bridgehead atoms. The Balaban J connectivity index is 0.000000774. The third-order valence-corrected chi connectivity index (χ3v) is 3.52. The number of rotatable bonds is 3. The molecule has 3 heterocycles. The van der Waals surface area contributed by atoms with E-state index in [9.17, 15) is 4.79 Å². The van der Waals surface area contributed by atoms with Crippen LogP contribution in [0.3, 0.4) is 0 Å². The van der Waals surface area contributed by atoms with Crippen molar-refractivity contribution in [3.05, 3.63) is 30.1 Å². The number of nitrogens with one attached hydrogen (secondary N) is 2. The van der Waals surface area contributed by atoms with Crippen molar-refractivity contribution in [3.63, 3.8) is 0 Å². The van der Waals surface area contributed by atoms with Crippen LogP contribution in [0.25, 0.3) is 11.0 Å². The molecule has 2 unspecified atom stereocenters. The summed E-state index contributed by atoms with van der Waals surface area (Å²) >= 11 is 0. The van der Waals surface area contributed by atoms with Crippen LogP contribution in [0.4, 0.5) is 0 Å². The topological polar surface area (TPSA) is 67.0 Å². The predicted molar refractivity (Wildman–Crippen MR) is 83.1 cm³/mol. The molecule has 21 heavy (non-hydrogen) atoms. The van der Waals surface area contributed by atoms with Crippen LogP contribution >= 0.6 is 0 Å². The average Bonchev–Trinajstić information content (AvgIpc) is 3.09. The van der Waals surface area contributed by atoms with Gasteiger partial charge < -0.3 is 15.0 Å². The van der Waals surface area contributed by atoms with E-state index in [1.165, 1.54) is 17.9 Å². The Kier molecular flexibility index (Phi) is 5.33. The van der Waals surface area contributed by atoms with Gasteiger partial charge in [-0.1, -0.05) is 13.8 Å². The molecular formula is C16H23N3O2. The van der Waals surface area contributed by atoms with E-state index in [0.717, 1.165) is 25.0 Å². The maximum atomic E-state index is 10.9. The van der Waals surface area contributed by atoms with Crippen molar-refractivity contribution in [2.24, 2.45) is 0 Å². The van der Waals surface area contributed by atoms with Crippen LogP contribution in [0.5, 0.6) is 0 Å². The molecular weight excluding hydrogens is 266 g/mol. The van der Waals surface area contributed by atoms with Crippen LogP contribution in [0.1, 0.15) is 32.8 Å². The van der Waals surface area contributed by atoms with Crippen LogP contribution in [-0.4, -0.2) is 34.6 Å². The van der Waals surface area contributed by atoms with Crippen molar-refractivity contribution in [1.29, 1.82) is 0 Å². The zero-order chi connectivity index (χ0) is 15.2. The monoisotopic (exact) mass is 289 g/mol. The van der Waals surface area contributed by atoms with E-state index in [2.05, 4.69) is 21.4 Å². The molecule has 5 nitrogen and oxygen atoms in total. The highest BCUT2D eigenvalue weighted by Crippen LogP contribution is 2.21. The summed E-state index contributed by atoms with van der Waals surface area (Å²) in [6.45, 7) is 6.20. The van der Waals surface area contributed by atoms with Gasteiger partial charge in [0.2, 0.25) is 0 Å². The second-order valence-electron chi connectivity index (χ2n) is 4.99. The molecule has 0 aromatic carbocycles. The summed E-state index contributed by atoms with van der Waals surface area (Å²) in [6, 6.07) is 4.37. The van der Waals surface area contributed by atoms with Gasteiger partial charge in [-0.3, -0.25) is 4.79 Å². The number of hydrogen-bond acceptors (Lipinski definition) is 4. The van der Waals surface area contributed by atoms with E-state index < -0.39 is 0 Å². The van der Waals surface area contributed by atoms with E-state index in [4.69, 9.17) is 4.74 Å². The first-order valence-electron chi connectivity index (χ1n) is 7.54. The Morgan fingerprint density at radius 2 is 2.29 bits per heavy atom. The van der Waals surface area contributed by atoms with Crippen LogP contribution in [0.15, 0.2) is 24.5 Å². The molecule has 2 aromatic rings. The SMILES string of the molecule is CC.CC(=O)OC1CNC(Cc2c[nH]c3ncccc23)C1. The second kappa shape index (κ2) is 7.22. The first-order valence-corrected chi connectivity index (χ1v) is 7.54. The summed E-state index contributed by atoms with van der Waals surface area (Å²) in [5, 5.41) is 4.57. The van der Waals surface area contributed by atoms with Crippen molar-refractivity contribution in [2.75, 3.05) is 6.54 Å². The highest BCUT2D eigenvalue weighted by Gasteiger charge is 2.26. The first kappa shape index (κ1) is 15.5. The van der Waals surface area contributed by atoms with Gasteiger partial charge in [0.25, 0.3) is 0 Å². The minimum atomic E-state index is -0.205. The lowest BCUT2D eigenvalue weighted by Gasteiger charge is -2.10. The summed E-state index contributed by atoms with van der Waals surface area (Å²) in [6.07, 6.45) is 5.59. The smallest absolute Gasteiger partial charge is 0.302 e. The Morgan fingerprint density at radius 1 is 1.48 bits per heavy atom. The van der Waals surface area contributed by atoms with Gasteiger partial charge in [0.15, 0.2) is 0 Å². The molecule has 0 radical (unpaired) electrons. The van der Waals surface area contributed by atoms with E-state index in [0.29, 0.717) is 6.04 Å². The third-order valence-electron chi connectivity index (χ3n) is 3.52. The summed E-state index contributed by atoms with van der Waals surface area (Å²) in [4.78, 5) is 18.4. The van der Waals surface area contributed by atoms with Gasteiger partial charge in [0.1, 0.15) is 11.8 Å². The molecule has 2 N–H and O–H groups in total. The maximum Gasteiger partial charge on any atom is 0.302 e. The van der Waals surface area contributed by atoms with Crippen LogP contribution < -0.4 is 5.32 Å². The fourth-order valence-corrected chi connectivity index (χ4v) is 2.71. The number of fused-ring (bicyclic) bond motifs is 1. The highest BCUT2D eigenvalue weighted by molar-refractivity contribution is 5.79. The Morgan fingerprint density at radius 3 is 3.05 bits per heavy atom. The van der Waals surface area contributed by atoms with E-state index in [1.54, 1.807) is 6.20 Å². The Bertz CT molecular complexity index is 594. The van der Waals surface area contributed by atoms with Crippen molar-refractivity contribution < 1.29 is 9.53 Å². The lowest BCUT2D eigenvalue weighted by molar-refractivity contribution is -0.145. The lowest BCUT2D eigenvalue weighted by Crippen LogP contribution is -2.23. The summed E-state index contributed by atoms with van der Waals surface area (Å²) < 4.78 is 5.23. The van der Waals surface area contributed by atoms with Crippen molar-refractivity contribution >= 4 is 17.0 Å². The van der Waals surface area contributed by atoms with Gasteiger partial charge in [0, 0.05) is 43.7 Å². The van der Waals surface area contributed by atoms with Gasteiger partial charge in [-0.25, -0.2) is 4.98 Å². The lowest BCUT2D eigenvalue weighted by atomic mass is 10.0. The first-order chi connectivity index (χ1) is 10.2. The van der Waals surface area contributed by atoms with Crippen LogP contribution in [0, 0.1) is 0 Å². The third kappa shape index (κ3) is 3.82. The number of nitrogens with zero attached hydrogens (tertiary/aromatic N) is 1. The minimum Gasteiger partial charge on any atom is -0.461 e. The normalized spacial score (nSPS) is 20.9. The molecule has 5 heteroatoms. The van der Waals surface area contributed by atoms with Gasteiger partial charge in [-0.05, 0) is 24.1 Å². The number of carbonyl (C=O) groups excluding carboxylic acids is 1. The van der Waals surface area contributed by atoms with Gasteiger partial charge in [-0.15, -0.1) is 0 Å². The van der Waals surface area contributed by atoms with Crippen molar-refractivity contribution in [3.8, 4) is 0 Å². The summed E-state index contributed by atoms with van der Waals surface area (Å²) in [7, 11) is 0. The molecule has 2 atom stereocenters. The molecule has 2 aromatic heterocycles. The van der Waals surface area contributed by atoms with Gasteiger partial charge in [-0.2, -0.15) is 0 Å². The minimum absolute atomic E-state index is 0.00540.